The first kappa shape index (κ1) is 15.1. The van der Waals surface area contributed by atoms with Crippen LogP contribution in [0.3, 0.4) is 0 Å². The molecule has 1 aliphatic heterocycles. The Morgan fingerprint density at radius 1 is 1.38 bits per heavy atom. The van der Waals surface area contributed by atoms with Gasteiger partial charge in [0.05, 0.1) is 39.0 Å². The summed E-state index contributed by atoms with van der Waals surface area (Å²) in [6.45, 7) is 2.03. The summed E-state index contributed by atoms with van der Waals surface area (Å²) in [6, 6.07) is 4.29. The summed E-state index contributed by atoms with van der Waals surface area (Å²) in [5, 5.41) is 3.83. The van der Waals surface area contributed by atoms with Crippen LogP contribution in [0, 0.1) is 0 Å². The second-order valence-electron chi connectivity index (χ2n) is 4.42. The maximum absolute atomic E-state index is 12.0. The third-order valence-corrected chi connectivity index (χ3v) is 3.21. The van der Waals surface area contributed by atoms with Gasteiger partial charge in [0, 0.05) is 11.6 Å². The molecule has 0 aliphatic carbocycles. The predicted octanol–water partition coefficient (Wildman–Crippen LogP) is 2.10. The number of carbonyl (C=O) groups excluding carboxylic acids is 2. The largest absolute Gasteiger partial charge is 0.497 e. The van der Waals surface area contributed by atoms with E-state index in [-0.39, 0.29) is 12.4 Å². The van der Waals surface area contributed by atoms with Gasteiger partial charge in [-0.2, -0.15) is 5.06 Å². The molecule has 1 atom stereocenters. The summed E-state index contributed by atoms with van der Waals surface area (Å²) in [7, 11) is 2.93. The molecule has 7 heteroatoms. The smallest absolute Gasteiger partial charge is 0.346 e. The first-order valence-corrected chi connectivity index (χ1v) is 6.58. The number of urea groups is 1. The highest BCUT2D eigenvalue weighted by Crippen LogP contribution is 2.37. The van der Waals surface area contributed by atoms with Crippen LogP contribution in [-0.2, 0) is 14.4 Å². The summed E-state index contributed by atoms with van der Waals surface area (Å²) in [6.07, 6.45) is 0.0223. The highest BCUT2D eigenvalue weighted by Gasteiger charge is 2.35. The Kier molecular flexibility index (Phi) is 4.64. The fourth-order valence-corrected chi connectivity index (χ4v) is 2.28. The monoisotopic (exact) mass is 294 g/mol. The van der Waals surface area contributed by atoms with E-state index in [0.717, 1.165) is 10.6 Å². The van der Waals surface area contributed by atoms with Gasteiger partial charge in [0.2, 0.25) is 0 Å². The van der Waals surface area contributed by atoms with Crippen LogP contribution in [-0.4, -0.2) is 37.9 Å². The van der Waals surface area contributed by atoms with Crippen LogP contribution in [0.1, 0.15) is 24.9 Å². The SMILES string of the molecule is CCOC(=O)CC1c2ccc(OC)cc2NC(=O)N1OC. The molecule has 2 amide bonds. The average Bonchev–Trinajstić information content (AvgIpc) is 2.46. The van der Waals surface area contributed by atoms with Crippen molar-refractivity contribution in [3.63, 3.8) is 0 Å². The molecular formula is C14H18N2O5. The summed E-state index contributed by atoms with van der Waals surface area (Å²) in [5.41, 5.74) is 1.37. The minimum Gasteiger partial charge on any atom is -0.497 e. The van der Waals surface area contributed by atoms with Crippen LogP contribution in [0.5, 0.6) is 5.75 Å². The van der Waals surface area contributed by atoms with Crippen molar-refractivity contribution in [1.82, 2.24) is 5.06 Å². The standard InChI is InChI=1S/C14H18N2O5/c1-4-21-13(17)8-12-10-6-5-9(19-2)7-11(10)15-14(18)16(12)20-3/h5-7,12H,4,8H2,1-3H3,(H,15,18). The van der Waals surface area contributed by atoms with Crippen molar-refractivity contribution in [3.05, 3.63) is 23.8 Å². The van der Waals surface area contributed by atoms with Crippen LogP contribution >= 0.6 is 0 Å². The molecule has 0 aromatic heterocycles. The van der Waals surface area contributed by atoms with Gasteiger partial charge in [-0.1, -0.05) is 6.07 Å². The van der Waals surface area contributed by atoms with E-state index in [9.17, 15) is 9.59 Å². The Morgan fingerprint density at radius 2 is 2.14 bits per heavy atom. The van der Waals surface area contributed by atoms with Crippen LogP contribution in [0.15, 0.2) is 18.2 Å². The molecule has 1 aromatic rings. The van der Waals surface area contributed by atoms with E-state index in [1.807, 2.05) is 0 Å². The van der Waals surface area contributed by atoms with Crippen molar-refractivity contribution < 1.29 is 23.9 Å². The molecule has 7 nitrogen and oxygen atoms in total. The number of hydrogen-bond acceptors (Lipinski definition) is 5. The second-order valence-corrected chi connectivity index (χ2v) is 4.42. The van der Waals surface area contributed by atoms with Gasteiger partial charge in [0.25, 0.3) is 0 Å². The predicted molar refractivity (Wildman–Crippen MR) is 74.9 cm³/mol. The fraction of sp³-hybridized carbons (Fsp3) is 0.429. The quantitative estimate of drug-likeness (QED) is 0.841. The number of nitrogens with zero attached hydrogens (tertiary/aromatic N) is 1. The van der Waals surface area contributed by atoms with Gasteiger partial charge in [-0.25, -0.2) is 4.79 Å². The lowest BCUT2D eigenvalue weighted by molar-refractivity contribution is -0.153. The van der Waals surface area contributed by atoms with E-state index in [4.69, 9.17) is 14.3 Å². The molecule has 1 unspecified atom stereocenters. The highest BCUT2D eigenvalue weighted by atomic mass is 16.7. The molecule has 1 aliphatic rings. The number of esters is 1. The number of methoxy groups -OCH3 is 1. The Bertz CT molecular complexity index is 546. The van der Waals surface area contributed by atoms with Crippen LogP contribution in [0.25, 0.3) is 0 Å². The molecule has 0 bridgehead atoms. The number of fused-ring (bicyclic) bond motifs is 1. The maximum Gasteiger partial charge on any atom is 0.346 e. The number of amides is 2. The summed E-state index contributed by atoms with van der Waals surface area (Å²) in [5.74, 6) is 0.232. The van der Waals surface area contributed by atoms with Gasteiger partial charge in [0.15, 0.2) is 0 Å². The number of nitrogens with one attached hydrogen (secondary N) is 1. The summed E-state index contributed by atoms with van der Waals surface area (Å²) < 4.78 is 10.1. The molecule has 0 spiro atoms. The molecule has 1 heterocycles. The number of hydrogen-bond donors (Lipinski definition) is 1. The Morgan fingerprint density at radius 3 is 2.76 bits per heavy atom. The molecule has 0 radical (unpaired) electrons. The minimum absolute atomic E-state index is 0.0223. The van der Waals surface area contributed by atoms with Crippen molar-refractivity contribution in [1.29, 1.82) is 0 Å². The lowest BCUT2D eigenvalue weighted by Gasteiger charge is -2.34. The molecule has 1 aromatic carbocycles. The maximum atomic E-state index is 12.0. The van der Waals surface area contributed by atoms with Crippen molar-refractivity contribution in [3.8, 4) is 5.75 Å². The molecule has 0 saturated carbocycles. The molecule has 21 heavy (non-hydrogen) atoms. The molecular weight excluding hydrogens is 276 g/mol. The fourth-order valence-electron chi connectivity index (χ4n) is 2.28. The first-order chi connectivity index (χ1) is 10.1. The van der Waals surface area contributed by atoms with Crippen molar-refractivity contribution >= 4 is 17.7 Å². The van der Waals surface area contributed by atoms with Gasteiger partial charge >= 0.3 is 12.0 Å². The number of carbonyl (C=O) groups is 2. The zero-order valence-electron chi connectivity index (χ0n) is 12.2. The summed E-state index contributed by atoms with van der Waals surface area (Å²) >= 11 is 0. The van der Waals surface area contributed by atoms with E-state index in [1.54, 1.807) is 32.2 Å². The van der Waals surface area contributed by atoms with Gasteiger partial charge in [-0.05, 0) is 13.0 Å². The number of hydroxylamine groups is 2. The van der Waals surface area contributed by atoms with Crippen LogP contribution in [0.4, 0.5) is 10.5 Å². The molecule has 114 valence electrons. The lowest BCUT2D eigenvalue weighted by atomic mass is 9.99. The van der Waals surface area contributed by atoms with Crippen molar-refractivity contribution in [2.45, 2.75) is 19.4 Å². The van der Waals surface area contributed by atoms with E-state index in [2.05, 4.69) is 5.32 Å². The Labute approximate surface area is 122 Å². The third-order valence-electron chi connectivity index (χ3n) is 3.21. The molecule has 2 rings (SSSR count). The van der Waals surface area contributed by atoms with Gasteiger partial charge in [-0.3, -0.25) is 9.63 Å². The minimum atomic E-state index is -0.538. The van der Waals surface area contributed by atoms with Gasteiger partial charge < -0.3 is 14.8 Å². The van der Waals surface area contributed by atoms with E-state index < -0.39 is 12.1 Å². The van der Waals surface area contributed by atoms with E-state index >= 15 is 0 Å². The van der Waals surface area contributed by atoms with Gasteiger partial charge in [-0.15, -0.1) is 0 Å². The van der Waals surface area contributed by atoms with Gasteiger partial charge in [0.1, 0.15) is 5.75 Å². The number of benzene rings is 1. The highest BCUT2D eigenvalue weighted by molar-refractivity contribution is 5.93. The molecule has 1 N–H and O–H groups in total. The normalized spacial score (nSPS) is 17.0. The second kappa shape index (κ2) is 6.45. The Balaban J connectivity index is 2.35. The average molecular weight is 294 g/mol. The number of rotatable bonds is 5. The third kappa shape index (κ3) is 3.08. The van der Waals surface area contributed by atoms with Crippen LogP contribution in [0.2, 0.25) is 0 Å². The summed E-state index contributed by atoms with van der Waals surface area (Å²) in [4.78, 5) is 28.9. The number of anilines is 1. The van der Waals surface area contributed by atoms with E-state index in [1.165, 1.54) is 7.11 Å². The molecule has 0 fully saturated rings. The van der Waals surface area contributed by atoms with Crippen LogP contribution < -0.4 is 10.1 Å². The Hall–Kier alpha value is -2.28. The number of ether oxygens (including phenoxy) is 2. The first-order valence-electron chi connectivity index (χ1n) is 6.58. The zero-order valence-corrected chi connectivity index (χ0v) is 12.2. The van der Waals surface area contributed by atoms with E-state index in [0.29, 0.717) is 18.0 Å². The van der Waals surface area contributed by atoms with Crippen molar-refractivity contribution in [2.75, 3.05) is 26.1 Å². The van der Waals surface area contributed by atoms with Crippen molar-refractivity contribution in [2.24, 2.45) is 0 Å². The zero-order chi connectivity index (χ0) is 15.4. The lowest BCUT2D eigenvalue weighted by Crippen LogP contribution is -2.42. The molecule has 0 saturated heterocycles. The topological polar surface area (TPSA) is 77.1 Å².